The Morgan fingerprint density at radius 2 is 0.757 bits per heavy atom. The Bertz CT molecular complexity index is 1910. The van der Waals surface area contributed by atoms with Gasteiger partial charge in [0.2, 0.25) is 41.0 Å². The summed E-state index contributed by atoms with van der Waals surface area (Å²) in [5.74, 6) is 17.7. The number of ether oxygens (including phenoxy) is 1. The Morgan fingerprint density at radius 3 is 0.986 bits per heavy atom. The van der Waals surface area contributed by atoms with E-state index in [1.807, 2.05) is 34.6 Å². The molecule has 0 saturated carbocycles. The van der Waals surface area contributed by atoms with Gasteiger partial charge < -0.3 is 41.5 Å². The quantitative estimate of drug-likeness (QED) is 0.0311. The van der Waals surface area contributed by atoms with E-state index in [1.54, 1.807) is 0 Å². The zero-order valence-corrected chi connectivity index (χ0v) is 43.7. The molecule has 7 N–H and O–H groups in total. The van der Waals surface area contributed by atoms with Crippen LogP contribution in [0.3, 0.4) is 0 Å². The highest BCUT2D eigenvalue weighted by atomic mass is 35.5. The van der Waals surface area contributed by atoms with Crippen LogP contribution >= 0.6 is 48.8 Å². The van der Waals surface area contributed by atoms with E-state index < -0.39 is 0 Å². The molecule has 0 unspecified atom stereocenters. The molecule has 390 valence electrons. The van der Waals surface area contributed by atoms with Crippen LogP contribution in [-0.2, 0) is 19.2 Å². The van der Waals surface area contributed by atoms with Crippen molar-refractivity contribution in [3.63, 3.8) is 0 Å². The summed E-state index contributed by atoms with van der Waals surface area (Å²) in [5.41, 5.74) is 2.46. The highest BCUT2D eigenvalue weighted by Crippen LogP contribution is 2.15. The molecule has 3 heterocycles. The first-order valence-electron chi connectivity index (χ1n) is 20.5. The highest BCUT2D eigenvalue weighted by molar-refractivity contribution is 6.28. The third-order valence-electron chi connectivity index (χ3n) is 6.58. The number of hydroxylamine groups is 3. The van der Waals surface area contributed by atoms with Gasteiger partial charge >= 0.3 is 0 Å². The third kappa shape index (κ3) is 38.7. The third-order valence-corrected chi connectivity index (χ3v) is 6.75. The van der Waals surface area contributed by atoms with Crippen LogP contribution in [0.4, 0.5) is 47.6 Å². The summed E-state index contributed by atoms with van der Waals surface area (Å²) in [6, 6.07) is 0. The van der Waals surface area contributed by atoms with Gasteiger partial charge in [-0.1, -0.05) is 63.7 Å². The van der Waals surface area contributed by atoms with E-state index >= 15 is 0 Å². The van der Waals surface area contributed by atoms with E-state index in [2.05, 4.69) is 123 Å². The average Bonchev–Trinajstić information content (AvgIpc) is 3.33. The van der Waals surface area contributed by atoms with Gasteiger partial charge in [-0.05, 0) is 44.7 Å². The molecule has 0 bridgehead atoms. The van der Waals surface area contributed by atoms with Crippen molar-refractivity contribution in [1.82, 2.24) is 50.3 Å². The number of nitrogens with zero attached hydrogens (tertiary/aromatic N) is 11. The van der Waals surface area contributed by atoms with Crippen LogP contribution in [0.5, 0.6) is 0 Å². The van der Waals surface area contributed by atoms with Crippen molar-refractivity contribution < 1.29 is 19.2 Å². The molecule has 0 radical (unpaired) electrons. The molecule has 0 saturated heterocycles. The van der Waals surface area contributed by atoms with Gasteiger partial charge in [0.05, 0.1) is 47.5 Å². The zero-order valence-electron chi connectivity index (χ0n) is 40.5. The number of aromatic nitrogens is 9. The Balaban J connectivity index is -0.000000194. The lowest BCUT2D eigenvalue weighted by atomic mass is 10.5. The van der Waals surface area contributed by atoms with Crippen LogP contribution in [-0.4, -0.2) is 138 Å². The Hall–Kier alpha value is -6.25. The molecular weight excluding hydrogens is 986 g/mol. The molecule has 0 aliphatic rings. The van der Waals surface area contributed by atoms with Crippen LogP contribution in [0.15, 0.2) is 0 Å². The van der Waals surface area contributed by atoms with Gasteiger partial charge in [-0.2, -0.15) is 50.3 Å². The smallest absolute Gasteiger partial charge is 0.257 e. The molecule has 0 fully saturated rings. The molecule has 0 spiro atoms. The molecule has 3 aromatic heterocycles. The predicted molar refractivity (Wildman–Crippen MR) is 294 cm³/mol. The monoisotopic (exact) mass is 1060 g/mol. The summed E-state index contributed by atoms with van der Waals surface area (Å²) in [4.78, 5) is 51.9. The number of nitrogens with one attached hydrogen (secondary N) is 7. The molecule has 3 aromatic rings. The lowest BCUT2D eigenvalue weighted by molar-refractivity contribution is 0.103. The maximum atomic E-state index is 5.71. The maximum absolute atomic E-state index is 5.71. The van der Waals surface area contributed by atoms with Crippen LogP contribution < -0.4 is 47.5 Å². The van der Waals surface area contributed by atoms with Gasteiger partial charge in [0, 0.05) is 32.8 Å². The number of rotatable bonds is 25. The maximum Gasteiger partial charge on any atom is 0.257 e. The number of anilines is 8. The van der Waals surface area contributed by atoms with Crippen molar-refractivity contribution in [2.45, 2.75) is 61.3 Å². The van der Waals surface area contributed by atoms with Crippen LogP contribution in [0.25, 0.3) is 0 Å². The zero-order chi connectivity index (χ0) is 49.6. The van der Waals surface area contributed by atoms with Crippen molar-refractivity contribution >= 4 is 96.4 Å². The van der Waals surface area contributed by atoms with Crippen LogP contribution in [0, 0.1) is 74.1 Å². The van der Waals surface area contributed by atoms with E-state index in [4.69, 9.17) is 64.6 Å². The second-order valence-electron chi connectivity index (χ2n) is 11.6. The molecule has 3 rings (SSSR count). The SMILES string of the molecule is C.C#CCNOC.C#CCNc1nc(Cl)nc(NCCC)n1.C#CCNc1nc(NCCC)nc(N(CC#C)OC)n1.C#CCNc1nc(NCCC)nc(N(CC#C)OC)n1.CCOCC.Cl.Cl.Cl. The van der Waals surface area contributed by atoms with E-state index in [1.165, 1.54) is 31.5 Å². The molecule has 0 aromatic carbocycles. The van der Waals surface area contributed by atoms with Gasteiger partial charge in [0.1, 0.15) is 13.1 Å². The summed E-state index contributed by atoms with van der Waals surface area (Å²) >= 11 is 5.71. The molecule has 0 aliphatic heterocycles. The van der Waals surface area contributed by atoms with Gasteiger partial charge in [-0.3, -0.25) is 9.68 Å². The molecule has 22 nitrogen and oxygen atoms in total. The van der Waals surface area contributed by atoms with Gasteiger partial charge in [0.15, 0.2) is 0 Å². The predicted octanol–water partition coefficient (Wildman–Crippen LogP) is 5.59. The number of hydrogen-bond donors (Lipinski definition) is 7. The van der Waals surface area contributed by atoms with Crippen molar-refractivity contribution in [3.05, 3.63) is 5.28 Å². The first kappa shape index (κ1) is 75.3. The topological polar surface area (TPSA) is 244 Å². The summed E-state index contributed by atoms with van der Waals surface area (Å²) in [6.45, 7) is 16.0. The lowest BCUT2D eigenvalue weighted by Gasteiger charge is -2.18. The first-order valence-corrected chi connectivity index (χ1v) is 20.9. The standard InChI is InChI=1S/2C13H18N6O.C9H12ClN5.C4H7NO.C4H10O.CH4.3ClH/c2*1-5-8-14-11-16-12(15-9-6-2)18-13(17-11)19(20-4)10-7-3;1-3-5-11-8-13-7(10)14-9(15-8)12-6-4-2;1-3-4-5-6-2;1-3-5-4-2;;;;/h2*1,3H,6,8-10H2,2,4H3,(H2,14,15,16,17,18);1H,4-6H2,2H3,(H2,11,12,13,14,15);1,5H,4H2,2H3;3-4H2,1-2H3;1H4;3*1H. The minimum Gasteiger partial charge on any atom is -0.382 e. The number of terminal acetylenes is 6. The van der Waals surface area contributed by atoms with E-state index in [0.717, 1.165) is 52.1 Å². The number of hydrogen-bond acceptors (Lipinski definition) is 22. The number of halogens is 4. The Kier molecular flexibility index (Phi) is 57.7. The van der Waals surface area contributed by atoms with Crippen LogP contribution in [0.2, 0.25) is 5.28 Å². The second-order valence-corrected chi connectivity index (χ2v) is 12.0. The van der Waals surface area contributed by atoms with E-state index in [9.17, 15) is 0 Å². The molecule has 0 amide bonds. The first-order chi connectivity index (χ1) is 32.1. The van der Waals surface area contributed by atoms with Crippen molar-refractivity contribution in [2.75, 3.05) is 135 Å². The summed E-state index contributed by atoms with van der Waals surface area (Å²) in [7, 11) is 4.51. The summed E-state index contributed by atoms with van der Waals surface area (Å²) in [5, 5.41) is 20.7. The summed E-state index contributed by atoms with van der Waals surface area (Å²) in [6.07, 6.45) is 33.8. The fourth-order valence-electron chi connectivity index (χ4n) is 3.80. The highest BCUT2D eigenvalue weighted by Gasteiger charge is 2.14. The average molecular weight is 1060 g/mol. The molecule has 26 heteroatoms. The minimum absolute atomic E-state index is 0. The van der Waals surface area contributed by atoms with Crippen molar-refractivity contribution in [1.29, 1.82) is 0 Å². The summed E-state index contributed by atoms with van der Waals surface area (Å²) < 4.78 is 4.83. The van der Waals surface area contributed by atoms with Gasteiger partial charge in [-0.15, -0.1) is 75.8 Å². The molecule has 70 heavy (non-hydrogen) atoms. The Morgan fingerprint density at radius 1 is 0.457 bits per heavy atom. The molecule has 0 aliphatic carbocycles. The van der Waals surface area contributed by atoms with E-state index in [0.29, 0.717) is 73.8 Å². The minimum atomic E-state index is 0. The molecule has 0 atom stereocenters. The molecular formula is C44H72Cl4N18O4. The van der Waals surface area contributed by atoms with Crippen molar-refractivity contribution in [3.8, 4) is 74.1 Å². The lowest BCUT2D eigenvalue weighted by Crippen LogP contribution is -2.25. The normalized spacial score (nSPS) is 8.61. The Labute approximate surface area is 440 Å². The van der Waals surface area contributed by atoms with Crippen LogP contribution in [0.1, 0.15) is 61.3 Å². The van der Waals surface area contributed by atoms with Crippen molar-refractivity contribution in [2.24, 2.45) is 0 Å². The fourth-order valence-corrected chi connectivity index (χ4v) is 3.96. The second kappa shape index (κ2) is 53.7. The van der Waals surface area contributed by atoms with Gasteiger partial charge in [-0.25, -0.2) is 10.1 Å². The van der Waals surface area contributed by atoms with Gasteiger partial charge in [0.25, 0.3) is 11.9 Å². The largest absolute Gasteiger partial charge is 0.382 e. The van der Waals surface area contributed by atoms with E-state index in [-0.39, 0.29) is 63.0 Å². The fraction of sp³-hybridized carbons (Fsp3) is 0.523.